The number of aryl methyl sites for hydroxylation is 1. The molecule has 30 heavy (non-hydrogen) atoms. The van der Waals surface area contributed by atoms with E-state index < -0.39 is 0 Å². The second-order valence-corrected chi connectivity index (χ2v) is 7.78. The lowest BCUT2D eigenvalue weighted by Gasteiger charge is -2.37. The minimum absolute atomic E-state index is 0.0285. The van der Waals surface area contributed by atoms with Crippen LogP contribution in [0.1, 0.15) is 18.1 Å². The number of carbonyl (C=O) groups is 2. The zero-order chi connectivity index (χ0) is 21.7. The van der Waals surface area contributed by atoms with Gasteiger partial charge in [0.15, 0.2) is 0 Å². The van der Waals surface area contributed by atoms with Gasteiger partial charge in [-0.25, -0.2) is 4.39 Å². The van der Waals surface area contributed by atoms with Crippen LogP contribution in [0.2, 0.25) is 0 Å². The molecule has 0 unspecified atom stereocenters. The second-order valence-electron chi connectivity index (χ2n) is 7.78. The fourth-order valence-corrected chi connectivity index (χ4v) is 3.53. The van der Waals surface area contributed by atoms with Crippen molar-refractivity contribution in [3.8, 4) is 0 Å². The molecule has 2 aromatic carbocycles. The van der Waals surface area contributed by atoms with Crippen molar-refractivity contribution >= 4 is 23.2 Å². The van der Waals surface area contributed by atoms with Crippen LogP contribution in [0.5, 0.6) is 0 Å². The number of amides is 2. The lowest BCUT2D eigenvalue weighted by Crippen LogP contribution is -2.53. The number of nitrogens with zero attached hydrogens (tertiary/aromatic N) is 2. The Morgan fingerprint density at radius 1 is 1.00 bits per heavy atom. The largest absolute Gasteiger partial charge is 0.325 e. The van der Waals surface area contributed by atoms with E-state index in [0.717, 1.165) is 16.8 Å². The zero-order valence-electron chi connectivity index (χ0n) is 17.7. The number of rotatable bonds is 6. The minimum Gasteiger partial charge on any atom is -0.325 e. The SMILES string of the molecule is Cc1cccc(NC(=O)CN2CCN([C@H](C)C(=O)Nc3ccc(F)cc3)CC2)c1C. The van der Waals surface area contributed by atoms with Gasteiger partial charge in [-0.1, -0.05) is 12.1 Å². The van der Waals surface area contributed by atoms with Crippen molar-refractivity contribution in [3.05, 3.63) is 59.4 Å². The molecule has 1 aliphatic heterocycles. The molecule has 0 spiro atoms. The first-order valence-corrected chi connectivity index (χ1v) is 10.2. The number of nitrogens with one attached hydrogen (secondary N) is 2. The maximum absolute atomic E-state index is 13.0. The standard InChI is InChI=1S/C23H29FN4O2/c1-16-5-4-6-21(17(16)2)26-22(29)15-27-11-13-28(14-12-27)18(3)23(30)25-20-9-7-19(24)8-10-20/h4-10,18H,11-15H2,1-3H3,(H,25,30)(H,26,29)/t18-/m1/s1. The fraction of sp³-hybridized carbons (Fsp3) is 0.391. The summed E-state index contributed by atoms with van der Waals surface area (Å²) in [5.41, 5.74) is 3.66. The molecule has 2 aromatic rings. The van der Waals surface area contributed by atoms with Gasteiger partial charge in [0, 0.05) is 37.6 Å². The van der Waals surface area contributed by atoms with Gasteiger partial charge in [0.1, 0.15) is 5.82 Å². The fourth-order valence-electron chi connectivity index (χ4n) is 3.53. The van der Waals surface area contributed by atoms with Gasteiger partial charge in [0.05, 0.1) is 12.6 Å². The smallest absolute Gasteiger partial charge is 0.241 e. The highest BCUT2D eigenvalue weighted by Gasteiger charge is 2.26. The molecule has 1 atom stereocenters. The molecule has 160 valence electrons. The summed E-state index contributed by atoms with van der Waals surface area (Å²) < 4.78 is 13.0. The third-order valence-electron chi connectivity index (χ3n) is 5.69. The maximum Gasteiger partial charge on any atom is 0.241 e. The molecule has 2 amide bonds. The summed E-state index contributed by atoms with van der Waals surface area (Å²) in [5, 5.41) is 5.82. The van der Waals surface area contributed by atoms with E-state index in [2.05, 4.69) is 20.4 Å². The first kappa shape index (κ1) is 21.9. The molecule has 0 bridgehead atoms. The molecule has 0 radical (unpaired) electrons. The van der Waals surface area contributed by atoms with Crippen molar-refractivity contribution in [2.24, 2.45) is 0 Å². The summed E-state index contributed by atoms with van der Waals surface area (Å²) in [4.78, 5) is 29.1. The Hall–Kier alpha value is -2.77. The van der Waals surface area contributed by atoms with Gasteiger partial charge in [0.25, 0.3) is 0 Å². The van der Waals surface area contributed by atoms with Crippen molar-refractivity contribution in [1.29, 1.82) is 0 Å². The van der Waals surface area contributed by atoms with E-state index in [1.165, 1.54) is 12.1 Å². The maximum atomic E-state index is 13.0. The summed E-state index contributed by atoms with van der Waals surface area (Å²) in [6.45, 7) is 9.06. The van der Waals surface area contributed by atoms with Gasteiger partial charge < -0.3 is 10.6 Å². The van der Waals surface area contributed by atoms with Gasteiger partial charge in [-0.15, -0.1) is 0 Å². The quantitative estimate of drug-likeness (QED) is 0.766. The van der Waals surface area contributed by atoms with Crippen LogP contribution in [0.4, 0.5) is 15.8 Å². The van der Waals surface area contributed by atoms with Gasteiger partial charge in [-0.05, 0) is 62.2 Å². The molecule has 2 N–H and O–H groups in total. The average molecular weight is 413 g/mol. The Balaban J connectivity index is 1.45. The van der Waals surface area contributed by atoms with E-state index in [1.54, 1.807) is 12.1 Å². The Labute approximate surface area is 177 Å². The highest BCUT2D eigenvalue weighted by molar-refractivity contribution is 5.94. The molecule has 1 aliphatic rings. The van der Waals surface area contributed by atoms with Crippen LogP contribution in [0, 0.1) is 19.7 Å². The van der Waals surface area contributed by atoms with Crippen molar-refractivity contribution < 1.29 is 14.0 Å². The van der Waals surface area contributed by atoms with E-state index >= 15 is 0 Å². The third-order valence-corrected chi connectivity index (χ3v) is 5.69. The number of piperazine rings is 1. The number of hydrogen-bond donors (Lipinski definition) is 2. The van der Waals surface area contributed by atoms with E-state index in [1.807, 2.05) is 39.0 Å². The van der Waals surface area contributed by atoms with E-state index in [-0.39, 0.29) is 23.7 Å². The number of carbonyl (C=O) groups excluding carboxylic acids is 2. The van der Waals surface area contributed by atoms with Crippen molar-refractivity contribution in [3.63, 3.8) is 0 Å². The molecule has 0 aromatic heterocycles. The van der Waals surface area contributed by atoms with Crippen LogP contribution in [0.25, 0.3) is 0 Å². The lowest BCUT2D eigenvalue weighted by molar-refractivity contribution is -0.122. The summed E-state index contributed by atoms with van der Waals surface area (Å²) in [6.07, 6.45) is 0. The Morgan fingerprint density at radius 3 is 2.33 bits per heavy atom. The third kappa shape index (κ3) is 5.64. The topological polar surface area (TPSA) is 64.7 Å². The van der Waals surface area contributed by atoms with Gasteiger partial charge in [0.2, 0.25) is 11.8 Å². The molecular formula is C23H29FN4O2. The number of hydrogen-bond acceptors (Lipinski definition) is 4. The predicted molar refractivity (Wildman–Crippen MR) is 117 cm³/mol. The van der Waals surface area contributed by atoms with Crippen LogP contribution >= 0.6 is 0 Å². The zero-order valence-corrected chi connectivity index (χ0v) is 17.7. The first-order valence-electron chi connectivity index (χ1n) is 10.2. The van der Waals surface area contributed by atoms with Crippen molar-refractivity contribution in [1.82, 2.24) is 9.80 Å². The van der Waals surface area contributed by atoms with E-state index in [9.17, 15) is 14.0 Å². The summed E-state index contributed by atoms with van der Waals surface area (Å²) in [6, 6.07) is 11.3. The van der Waals surface area contributed by atoms with Gasteiger partial charge >= 0.3 is 0 Å². The summed E-state index contributed by atoms with van der Waals surface area (Å²) in [7, 11) is 0. The summed E-state index contributed by atoms with van der Waals surface area (Å²) >= 11 is 0. The monoisotopic (exact) mass is 412 g/mol. The van der Waals surface area contributed by atoms with Crippen molar-refractivity contribution in [2.75, 3.05) is 43.4 Å². The number of anilines is 2. The molecule has 1 fully saturated rings. The number of benzene rings is 2. The van der Waals surface area contributed by atoms with Crippen LogP contribution in [0.15, 0.2) is 42.5 Å². The molecule has 1 heterocycles. The Morgan fingerprint density at radius 2 is 1.67 bits per heavy atom. The molecule has 6 nitrogen and oxygen atoms in total. The molecule has 3 rings (SSSR count). The van der Waals surface area contributed by atoms with Gasteiger partial charge in [-0.2, -0.15) is 0 Å². The highest BCUT2D eigenvalue weighted by Crippen LogP contribution is 2.18. The Bertz CT molecular complexity index is 893. The predicted octanol–water partition coefficient (Wildman–Crippen LogP) is 3.03. The molecule has 0 aliphatic carbocycles. The molecular weight excluding hydrogens is 383 g/mol. The highest BCUT2D eigenvalue weighted by atomic mass is 19.1. The van der Waals surface area contributed by atoms with Crippen LogP contribution in [-0.2, 0) is 9.59 Å². The van der Waals surface area contributed by atoms with Crippen LogP contribution < -0.4 is 10.6 Å². The van der Waals surface area contributed by atoms with Crippen LogP contribution in [-0.4, -0.2) is 60.4 Å². The normalized spacial score (nSPS) is 16.1. The van der Waals surface area contributed by atoms with Gasteiger partial charge in [-0.3, -0.25) is 19.4 Å². The van der Waals surface area contributed by atoms with E-state index in [4.69, 9.17) is 0 Å². The number of halogens is 1. The minimum atomic E-state index is -0.334. The second kappa shape index (κ2) is 9.82. The first-order chi connectivity index (χ1) is 14.3. The summed E-state index contributed by atoms with van der Waals surface area (Å²) in [5.74, 6) is -0.485. The van der Waals surface area contributed by atoms with E-state index in [0.29, 0.717) is 38.4 Å². The Kier molecular flexibility index (Phi) is 7.18. The van der Waals surface area contributed by atoms with Crippen LogP contribution in [0.3, 0.4) is 0 Å². The lowest BCUT2D eigenvalue weighted by atomic mass is 10.1. The molecule has 1 saturated heterocycles. The van der Waals surface area contributed by atoms with Crippen molar-refractivity contribution in [2.45, 2.75) is 26.8 Å². The molecule has 0 saturated carbocycles. The molecule has 7 heteroatoms. The average Bonchev–Trinajstić information content (AvgIpc) is 2.73.